The van der Waals surface area contributed by atoms with E-state index < -0.39 is 11.2 Å². The van der Waals surface area contributed by atoms with Crippen LogP contribution in [0.15, 0.2) is 42.5 Å². The zero-order chi connectivity index (χ0) is 13.7. The number of benzene rings is 1. The van der Waals surface area contributed by atoms with Gasteiger partial charge in [-0.1, -0.05) is 36.9 Å². The van der Waals surface area contributed by atoms with Crippen molar-refractivity contribution < 1.29 is 14.7 Å². The number of hydrogen-bond donors (Lipinski definition) is 1. The number of hydrogen-bond acceptors (Lipinski definition) is 3. The van der Waals surface area contributed by atoms with Gasteiger partial charge in [-0.25, -0.2) is 4.79 Å². The maximum Gasteiger partial charge on any atom is 0.332 e. The highest BCUT2D eigenvalue weighted by Crippen LogP contribution is 2.37. The smallest absolute Gasteiger partial charge is 0.332 e. The molecule has 0 amide bonds. The Balaban J connectivity index is 3.00. The number of carbonyl (C=O) groups excluding carboxylic acids is 1. The van der Waals surface area contributed by atoms with Gasteiger partial charge in [0.1, 0.15) is 5.78 Å². The molecule has 2 atom stereocenters. The van der Waals surface area contributed by atoms with Crippen LogP contribution in [0.25, 0.3) is 0 Å². The summed E-state index contributed by atoms with van der Waals surface area (Å²) in [6.45, 7) is 6.89. The van der Waals surface area contributed by atoms with E-state index in [-0.39, 0.29) is 16.6 Å². The van der Waals surface area contributed by atoms with Crippen LogP contribution in [0.2, 0.25) is 0 Å². The summed E-state index contributed by atoms with van der Waals surface area (Å²) in [5, 5.41) is 8.41. The lowest BCUT2D eigenvalue weighted by atomic mass is 10.1. The second kappa shape index (κ2) is 6.40. The lowest BCUT2D eigenvalue weighted by Crippen LogP contribution is -2.15. The fraction of sp³-hybridized carbons (Fsp3) is 0.286. The standard InChI is InChI=1S/C14H16O3S/c1-9(14(16)17)13(18-11(3)10(2)15)12-7-5-4-6-8-12/h4-8,11,13H,1H2,2-3H3,(H,16,17). The van der Waals surface area contributed by atoms with Crippen LogP contribution in [0.4, 0.5) is 0 Å². The maximum absolute atomic E-state index is 11.3. The van der Waals surface area contributed by atoms with Crippen molar-refractivity contribution in [1.82, 2.24) is 0 Å². The fourth-order valence-electron chi connectivity index (χ4n) is 1.40. The average Bonchev–Trinajstić information content (AvgIpc) is 2.35. The lowest BCUT2D eigenvalue weighted by Gasteiger charge is -2.20. The Bertz CT molecular complexity index is 453. The summed E-state index contributed by atoms with van der Waals surface area (Å²) in [5.74, 6) is -1.01. The maximum atomic E-state index is 11.3. The molecule has 0 radical (unpaired) electrons. The van der Waals surface area contributed by atoms with Gasteiger partial charge >= 0.3 is 5.97 Å². The Kier molecular flexibility index (Phi) is 5.16. The van der Waals surface area contributed by atoms with Crippen molar-refractivity contribution in [1.29, 1.82) is 0 Å². The van der Waals surface area contributed by atoms with Gasteiger partial charge in [0, 0.05) is 5.57 Å². The molecule has 0 spiro atoms. The molecule has 1 N–H and O–H groups in total. The zero-order valence-electron chi connectivity index (χ0n) is 10.4. The van der Waals surface area contributed by atoms with Crippen molar-refractivity contribution in [3.8, 4) is 0 Å². The molecule has 0 bridgehead atoms. The SMILES string of the molecule is C=C(C(=O)O)C(SC(C)C(C)=O)c1ccccc1. The van der Waals surface area contributed by atoms with Gasteiger partial charge in [-0.05, 0) is 19.4 Å². The van der Waals surface area contributed by atoms with Crippen LogP contribution in [0.3, 0.4) is 0 Å². The summed E-state index contributed by atoms with van der Waals surface area (Å²) in [7, 11) is 0. The number of ketones is 1. The zero-order valence-corrected chi connectivity index (χ0v) is 11.2. The van der Waals surface area contributed by atoms with Crippen LogP contribution >= 0.6 is 11.8 Å². The van der Waals surface area contributed by atoms with Gasteiger partial charge in [0.2, 0.25) is 0 Å². The minimum absolute atomic E-state index is 0.0270. The summed E-state index contributed by atoms with van der Waals surface area (Å²) in [6, 6.07) is 9.24. The first-order valence-corrected chi connectivity index (χ1v) is 6.50. The number of carboxylic acids is 1. The molecule has 0 aliphatic rings. The number of carbonyl (C=O) groups is 2. The molecule has 2 unspecified atom stereocenters. The third kappa shape index (κ3) is 3.74. The van der Waals surface area contributed by atoms with Crippen LogP contribution in [0.5, 0.6) is 0 Å². The van der Waals surface area contributed by atoms with Crippen LogP contribution in [-0.4, -0.2) is 22.1 Å². The van der Waals surface area contributed by atoms with E-state index in [4.69, 9.17) is 5.11 Å². The molecule has 3 nitrogen and oxygen atoms in total. The molecule has 0 aliphatic heterocycles. The van der Waals surface area contributed by atoms with Crippen molar-refractivity contribution in [2.45, 2.75) is 24.3 Å². The van der Waals surface area contributed by atoms with Gasteiger partial charge < -0.3 is 5.11 Å². The van der Waals surface area contributed by atoms with E-state index in [0.29, 0.717) is 0 Å². The van der Waals surface area contributed by atoms with E-state index in [1.807, 2.05) is 30.3 Å². The molecule has 0 saturated carbocycles. The summed E-state index contributed by atoms with van der Waals surface area (Å²) >= 11 is 1.31. The number of carboxylic acid groups (broad SMARTS) is 1. The molecule has 0 heterocycles. The molecular weight excluding hydrogens is 248 g/mol. The van der Waals surface area contributed by atoms with E-state index in [2.05, 4.69) is 6.58 Å². The molecule has 0 saturated heterocycles. The Morgan fingerprint density at radius 1 is 1.28 bits per heavy atom. The van der Waals surface area contributed by atoms with E-state index >= 15 is 0 Å². The molecule has 4 heteroatoms. The molecular formula is C14H16O3S. The predicted octanol–water partition coefficient (Wildman–Crippen LogP) is 3.08. The number of rotatable bonds is 6. The molecule has 0 aromatic heterocycles. The van der Waals surface area contributed by atoms with Gasteiger partial charge in [-0.3, -0.25) is 4.79 Å². The number of thioether (sulfide) groups is 1. The molecule has 0 aliphatic carbocycles. The van der Waals surface area contributed by atoms with Crippen molar-refractivity contribution in [3.05, 3.63) is 48.0 Å². The van der Waals surface area contributed by atoms with Crippen molar-refractivity contribution in [2.75, 3.05) is 0 Å². The molecule has 18 heavy (non-hydrogen) atoms. The van der Waals surface area contributed by atoms with Gasteiger partial charge in [-0.15, -0.1) is 11.8 Å². The summed E-state index contributed by atoms with van der Waals surface area (Å²) in [5.41, 5.74) is 0.947. The van der Waals surface area contributed by atoms with E-state index in [1.165, 1.54) is 18.7 Å². The summed E-state index contributed by atoms with van der Waals surface area (Å²) in [4.78, 5) is 22.4. The topological polar surface area (TPSA) is 54.4 Å². The van der Waals surface area contributed by atoms with Crippen LogP contribution < -0.4 is 0 Å². The minimum Gasteiger partial charge on any atom is -0.478 e. The third-order valence-corrected chi connectivity index (χ3v) is 4.18. The molecule has 1 aromatic rings. The van der Waals surface area contributed by atoms with Gasteiger partial charge in [-0.2, -0.15) is 0 Å². The molecule has 0 fully saturated rings. The van der Waals surface area contributed by atoms with Crippen molar-refractivity contribution in [3.63, 3.8) is 0 Å². The van der Waals surface area contributed by atoms with Crippen LogP contribution in [0.1, 0.15) is 24.7 Å². The molecule has 1 rings (SSSR count). The van der Waals surface area contributed by atoms with Gasteiger partial charge in [0.25, 0.3) is 0 Å². The van der Waals surface area contributed by atoms with Crippen molar-refractivity contribution in [2.24, 2.45) is 0 Å². The average molecular weight is 264 g/mol. The first-order chi connectivity index (χ1) is 8.43. The first kappa shape index (κ1) is 14.5. The largest absolute Gasteiger partial charge is 0.478 e. The van der Waals surface area contributed by atoms with Crippen LogP contribution in [-0.2, 0) is 9.59 Å². The highest BCUT2D eigenvalue weighted by atomic mass is 32.2. The second-order valence-corrected chi connectivity index (χ2v) is 5.46. The normalized spacial score (nSPS) is 13.7. The quantitative estimate of drug-likeness (QED) is 0.802. The van der Waals surface area contributed by atoms with Crippen molar-refractivity contribution >= 4 is 23.5 Å². The van der Waals surface area contributed by atoms with Crippen LogP contribution in [0, 0.1) is 0 Å². The monoisotopic (exact) mass is 264 g/mol. The third-order valence-electron chi connectivity index (χ3n) is 2.61. The van der Waals surface area contributed by atoms with Gasteiger partial charge in [0.15, 0.2) is 0 Å². The highest BCUT2D eigenvalue weighted by Gasteiger charge is 2.24. The Morgan fingerprint density at radius 3 is 2.28 bits per heavy atom. The summed E-state index contributed by atoms with van der Waals surface area (Å²) < 4.78 is 0. The minimum atomic E-state index is -1.04. The van der Waals surface area contributed by atoms with E-state index in [1.54, 1.807) is 6.92 Å². The highest BCUT2D eigenvalue weighted by molar-refractivity contribution is 8.01. The molecule has 96 valence electrons. The Morgan fingerprint density at radius 2 is 1.83 bits per heavy atom. The number of Topliss-reactive ketones (excluding diaryl/α,β-unsaturated/α-hetero) is 1. The fourth-order valence-corrected chi connectivity index (χ4v) is 2.58. The lowest BCUT2D eigenvalue weighted by molar-refractivity contribution is -0.132. The first-order valence-electron chi connectivity index (χ1n) is 5.56. The second-order valence-electron chi connectivity index (χ2n) is 4.01. The van der Waals surface area contributed by atoms with E-state index in [0.717, 1.165) is 5.56 Å². The van der Waals surface area contributed by atoms with E-state index in [9.17, 15) is 9.59 Å². The summed E-state index contributed by atoms with van der Waals surface area (Å²) in [6.07, 6.45) is 0. The van der Waals surface area contributed by atoms with Gasteiger partial charge in [0.05, 0.1) is 10.5 Å². The predicted molar refractivity (Wildman–Crippen MR) is 73.7 cm³/mol. The Labute approximate surface area is 111 Å². The Hall–Kier alpha value is -1.55. The molecule has 1 aromatic carbocycles. The number of aliphatic carboxylic acids is 1.